The highest BCUT2D eigenvalue weighted by Crippen LogP contribution is 2.20. The van der Waals surface area contributed by atoms with Crippen LogP contribution in [0.25, 0.3) is 0 Å². The Morgan fingerprint density at radius 2 is 2.00 bits per heavy atom. The maximum absolute atomic E-state index is 11.8. The van der Waals surface area contributed by atoms with Gasteiger partial charge in [-0.25, -0.2) is 4.79 Å². The molecule has 110 valence electrons. The van der Waals surface area contributed by atoms with Crippen LogP contribution in [0, 0.1) is 11.3 Å². The van der Waals surface area contributed by atoms with E-state index in [0.29, 0.717) is 10.6 Å². The highest BCUT2D eigenvalue weighted by atomic mass is 35.5. The Bertz CT molecular complexity index is 741. The van der Waals surface area contributed by atoms with Gasteiger partial charge in [0.25, 0.3) is 5.91 Å². The number of carbonyl (C=O) groups is 2. The van der Waals surface area contributed by atoms with Crippen LogP contribution >= 0.6 is 11.6 Å². The Labute approximate surface area is 131 Å². The summed E-state index contributed by atoms with van der Waals surface area (Å²) in [6.07, 6.45) is 2.89. The third-order valence-electron chi connectivity index (χ3n) is 2.63. The van der Waals surface area contributed by atoms with Gasteiger partial charge >= 0.3 is 5.97 Å². The molecule has 0 saturated carbocycles. The largest absolute Gasteiger partial charge is 0.452 e. The molecule has 2 rings (SSSR count). The molecule has 0 aliphatic heterocycles. The number of nitrogens with one attached hydrogen (secondary N) is 1. The number of carbonyl (C=O) groups excluding carboxylic acids is 2. The van der Waals surface area contributed by atoms with Crippen LogP contribution in [0.5, 0.6) is 0 Å². The van der Waals surface area contributed by atoms with Crippen LogP contribution in [-0.4, -0.2) is 23.5 Å². The van der Waals surface area contributed by atoms with E-state index < -0.39 is 18.5 Å². The molecule has 22 heavy (non-hydrogen) atoms. The summed E-state index contributed by atoms with van der Waals surface area (Å²) in [5.74, 6) is -1.20. The molecule has 0 fully saturated rings. The summed E-state index contributed by atoms with van der Waals surface area (Å²) in [6, 6.07) is 9.36. The molecule has 1 N–H and O–H groups in total. The number of nitriles is 1. The third kappa shape index (κ3) is 4.04. The summed E-state index contributed by atoms with van der Waals surface area (Å²) in [4.78, 5) is 27.2. The number of amides is 1. The topological polar surface area (TPSA) is 92.1 Å². The van der Waals surface area contributed by atoms with E-state index in [-0.39, 0.29) is 11.3 Å². The summed E-state index contributed by atoms with van der Waals surface area (Å²) in [5, 5.41) is 11.8. The quantitative estimate of drug-likeness (QED) is 0.875. The van der Waals surface area contributed by atoms with E-state index in [2.05, 4.69) is 10.3 Å². The van der Waals surface area contributed by atoms with Gasteiger partial charge in [0.1, 0.15) is 6.07 Å². The Morgan fingerprint density at radius 3 is 2.68 bits per heavy atom. The van der Waals surface area contributed by atoms with Crippen molar-refractivity contribution in [3.05, 3.63) is 58.9 Å². The lowest BCUT2D eigenvalue weighted by Gasteiger charge is -2.08. The first-order valence-corrected chi connectivity index (χ1v) is 6.54. The summed E-state index contributed by atoms with van der Waals surface area (Å²) in [5.41, 5.74) is 0.821. The van der Waals surface area contributed by atoms with Crippen molar-refractivity contribution >= 4 is 29.2 Å². The van der Waals surface area contributed by atoms with Crippen molar-refractivity contribution in [1.29, 1.82) is 5.26 Å². The van der Waals surface area contributed by atoms with Crippen molar-refractivity contribution in [2.24, 2.45) is 0 Å². The summed E-state index contributed by atoms with van der Waals surface area (Å²) >= 11 is 5.81. The van der Waals surface area contributed by atoms with Crippen LogP contribution in [0.4, 0.5) is 5.69 Å². The van der Waals surface area contributed by atoms with Gasteiger partial charge in [0.15, 0.2) is 6.61 Å². The van der Waals surface area contributed by atoms with E-state index in [1.54, 1.807) is 6.07 Å². The number of hydrogen-bond donors (Lipinski definition) is 1. The smallest absolute Gasteiger partial charge is 0.338 e. The number of nitrogens with zero attached hydrogens (tertiary/aromatic N) is 2. The van der Waals surface area contributed by atoms with Crippen LogP contribution in [0.3, 0.4) is 0 Å². The monoisotopic (exact) mass is 315 g/mol. The van der Waals surface area contributed by atoms with Crippen molar-refractivity contribution < 1.29 is 14.3 Å². The summed E-state index contributed by atoms with van der Waals surface area (Å²) in [6.45, 7) is -0.474. The highest BCUT2D eigenvalue weighted by Gasteiger charge is 2.12. The molecule has 1 heterocycles. The van der Waals surface area contributed by atoms with Crippen LogP contribution in [0.1, 0.15) is 15.9 Å². The number of ether oxygens (including phenoxy) is 1. The van der Waals surface area contributed by atoms with Crippen LogP contribution < -0.4 is 5.32 Å². The van der Waals surface area contributed by atoms with Crippen LogP contribution in [-0.2, 0) is 9.53 Å². The fourth-order valence-corrected chi connectivity index (χ4v) is 1.78. The number of hydrogen-bond acceptors (Lipinski definition) is 5. The zero-order chi connectivity index (χ0) is 15.9. The van der Waals surface area contributed by atoms with Crippen LogP contribution in [0.2, 0.25) is 5.02 Å². The van der Waals surface area contributed by atoms with Crippen molar-refractivity contribution in [2.45, 2.75) is 0 Å². The molecule has 0 bridgehead atoms. The SMILES string of the molecule is N#Cc1ccc(Cl)cc1NC(=O)COC(=O)c1ccncc1. The van der Waals surface area contributed by atoms with Gasteiger partial charge in [-0.3, -0.25) is 9.78 Å². The molecule has 1 aromatic heterocycles. The van der Waals surface area contributed by atoms with Gasteiger partial charge in [0, 0.05) is 17.4 Å². The number of esters is 1. The third-order valence-corrected chi connectivity index (χ3v) is 2.86. The lowest BCUT2D eigenvalue weighted by atomic mass is 10.2. The lowest BCUT2D eigenvalue weighted by molar-refractivity contribution is -0.119. The molecule has 0 radical (unpaired) electrons. The van der Waals surface area contributed by atoms with E-state index in [0.717, 1.165) is 0 Å². The van der Waals surface area contributed by atoms with Crippen molar-refractivity contribution in [1.82, 2.24) is 4.98 Å². The second-order valence-corrected chi connectivity index (χ2v) is 4.60. The standard InChI is InChI=1S/C15H10ClN3O3/c16-12-2-1-11(8-17)13(7-12)19-14(20)9-22-15(21)10-3-5-18-6-4-10/h1-7H,9H2,(H,19,20). The maximum atomic E-state index is 11.8. The minimum absolute atomic E-state index is 0.262. The average molecular weight is 316 g/mol. The summed E-state index contributed by atoms with van der Waals surface area (Å²) < 4.78 is 4.87. The first kappa shape index (κ1) is 15.5. The van der Waals surface area contributed by atoms with E-state index in [1.165, 1.54) is 36.7 Å². The number of benzene rings is 1. The molecule has 0 aliphatic carbocycles. The second kappa shape index (κ2) is 7.20. The number of halogens is 1. The van der Waals surface area contributed by atoms with Gasteiger partial charge in [0.2, 0.25) is 0 Å². The van der Waals surface area contributed by atoms with Gasteiger partial charge in [0.05, 0.1) is 16.8 Å². The Morgan fingerprint density at radius 1 is 1.27 bits per heavy atom. The molecule has 1 amide bonds. The second-order valence-electron chi connectivity index (χ2n) is 4.16. The van der Waals surface area contributed by atoms with E-state index in [9.17, 15) is 9.59 Å². The Balaban J connectivity index is 1.95. The highest BCUT2D eigenvalue weighted by molar-refractivity contribution is 6.31. The molecule has 1 aromatic carbocycles. The van der Waals surface area contributed by atoms with Gasteiger partial charge < -0.3 is 10.1 Å². The molecular weight excluding hydrogens is 306 g/mol. The van der Waals surface area contributed by atoms with Crippen molar-refractivity contribution in [2.75, 3.05) is 11.9 Å². The molecule has 0 aliphatic rings. The molecular formula is C15H10ClN3O3. The predicted molar refractivity (Wildman–Crippen MR) is 79.3 cm³/mol. The predicted octanol–water partition coefficient (Wildman–Crippen LogP) is 2.40. The number of anilines is 1. The zero-order valence-corrected chi connectivity index (χ0v) is 12.0. The van der Waals surface area contributed by atoms with E-state index in [1.807, 2.05) is 6.07 Å². The Hall–Kier alpha value is -2.91. The molecule has 0 spiro atoms. The normalized spacial score (nSPS) is 9.64. The molecule has 0 unspecified atom stereocenters. The number of rotatable bonds is 4. The molecule has 7 heteroatoms. The number of pyridine rings is 1. The fraction of sp³-hybridized carbons (Fsp3) is 0.0667. The summed E-state index contributed by atoms with van der Waals surface area (Å²) in [7, 11) is 0. The minimum atomic E-state index is -0.635. The number of aromatic nitrogens is 1. The average Bonchev–Trinajstić information content (AvgIpc) is 2.53. The van der Waals surface area contributed by atoms with Gasteiger partial charge in [-0.15, -0.1) is 0 Å². The van der Waals surface area contributed by atoms with E-state index >= 15 is 0 Å². The molecule has 2 aromatic rings. The van der Waals surface area contributed by atoms with E-state index in [4.69, 9.17) is 21.6 Å². The first-order chi connectivity index (χ1) is 10.6. The zero-order valence-electron chi connectivity index (χ0n) is 11.2. The fourth-order valence-electron chi connectivity index (χ4n) is 1.61. The van der Waals surface area contributed by atoms with Crippen molar-refractivity contribution in [3.8, 4) is 6.07 Å². The molecule has 0 atom stereocenters. The molecule has 6 nitrogen and oxygen atoms in total. The molecule has 0 saturated heterocycles. The first-order valence-electron chi connectivity index (χ1n) is 6.17. The van der Waals surface area contributed by atoms with Crippen LogP contribution in [0.15, 0.2) is 42.7 Å². The lowest BCUT2D eigenvalue weighted by Crippen LogP contribution is -2.21. The minimum Gasteiger partial charge on any atom is -0.452 e. The van der Waals surface area contributed by atoms with Gasteiger partial charge in [-0.1, -0.05) is 11.6 Å². The maximum Gasteiger partial charge on any atom is 0.338 e. The Kier molecular flexibility index (Phi) is 5.07. The van der Waals surface area contributed by atoms with Crippen molar-refractivity contribution in [3.63, 3.8) is 0 Å². The van der Waals surface area contributed by atoms with Gasteiger partial charge in [-0.2, -0.15) is 5.26 Å². The van der Waals surface area contributed by atoms with Gasteiger partial charge in [-0.05, 0) is 30.3 Å².